The maximum atomic E-state index is 11.8. The van der Waals surface area contributed by atoms with E-state index in [1.807, 2.05) is 34.1 Å². The molecular weight excluding hydrogens is 422 g/mol. The molecule has 1 unspecified atom stereocenters. The Labute approximate surface area is 201 Å². The van der Waals surface area contributed by atoms with Gasteiger partial charge in [-0.15, -0.1) is 0 Å². The minimum absolute atomic E-state index is 0.0435. The van der Waals surface area contributed by atoms with Gasteiger partial charge >= 0.3 is 0 Å². The summed E-state index contributed by atoms with van der Waals surface area (Å²) in [5, 5.41) is 10.6. The van der Waals surface area contributed by atoms with Crippen molar-refractivity contribution in [2.24, 2.45) is 16.3 Å². The first-order valence-corrected chi connectivity index (χ1v) is 11.6. The number of carbonyl (C=O) groups excluding carboxylic acids is 1. The van der Waals surface area contributed by atoms with Crippen LogP contribution < -0.4 is 16.0 Å². The maximum absolute atomic E-state index is 11.8. The van der Waals surface area contributed by atoms with Crippen molar-refractivity contribution in [3.63, 3.8) is 0 Å². The van der Waals surface area contributed by atoms with Gasteiger partial charge < -0.3 is 20.9 Å². The zero-order valence-corrected chi connectivity index (χ0v) is 22.1. The van der Waals surface area contributed by atoms with Gasteiger partial charge in [-0.1, -0.05) is 51.4 Å². The highest BCUT2D eigenvalue weighted by molar-refractivity contribution is 6.31. The standard InChI is InChI=1S/C25H44ClN5O/c1-10-21(12-22(26)15-28-11-2)14-29-18-25(5,6)13-20(4)30-23(17-32)24(27-7)19(3)16-31(8)9/h11-12,15,17,19,27,29-30H,4,10,13-14,16,18H2,1-3,5-9H3/b21-12+,22-15+,24-23+,28-11?. The average Bonchev–Trinajstić information content (AvgIpc) is 2.69. The van der Waals surface area contributed by atoms with Crippen molar-refractivity contribution in [1.29, 1.82) is 0 Å². The molecule has 0 saturated heterocycles. The number of aliphatic imine (C=N–C) groups is 1. The highest BCUT2D eigenvalue weighted by atomic mass is 35.5. The van der Waals surface area contributed by atoms with Crippen molar-refractivity contribution < 1.29 is 4.79 Å². The smallest absolute Gasteiger partial charge is 0.168 e. The van der Waals surface area contributed by atoms with E-state index in [2.05, 4.69) is 60.1 Å². The van der Waals surface area contributed by atoms with E-state index in [1.54, 1.807) is 12.4 Å². The summed E-state index contributed by atoms with van der Waals surface area (Å²) in [4.78, 5) is 17.9. The number of aldehydes is 1. The molecule has 0 heterocycles. The third kappa shape index (κ3) is 12.8. The number of nitrogens with zero attached hydrogens (tertiary/aromatic N) is 2. The van der Waals surface area contributed by atoms with Gasteiger partial charge in [-0.3, -0.25) is 9.79 Å². The second-order valence-electron chi connectivity index (χ2n) is 9.11. The molecule has 0 aliphatic rings. The van der Waals surface area contributed by atoms with Gasteiger partial charge in [0.25, 0.3) is 0 Å². The highest BCUT2D eigenvalue weighted by Crippen LogP contribution is 2.24. The summed E-state index contributed by atoms with van der Waals surface area (Å²) < 4.78 is 0. The molecule has 7 heteroatoms. The molecule has 0 bridgehead atoms. The van der Waals surface area contributed by atoms with Crippen LogP contribution in [-0.2, 0) is 4.79 Å². The number of hydrogen-bond donors (Lipinski definition) is 3. The Bertz CT molecular complexity index is 720. The zero-order chi connectivity index (χ0) is 24.7. The lowest BCUT2D eigenvalue weighted by Gasteiger charge is -2.28. The molecule has 6 nitrogen and oxygen atoms in total. The van der Waals surface area contributed by atoms with Crippen LogP contribution in [0.15, 0.2) is 51.5 Å². The number of carbonyl (C=O) groups is 1. The van der Waals surface area contributed by atoms with Crippen molar-refractivity contribution in [2.45, 2.75) is 47.5 Å². The molecule has 0 rings (SSSR count). The lowest BCUT2D eigenvalue weighted by Crippen LogP contribution is -2.34. The van der Waals surface area contributed by atoms with E-state index in [0.29, 0.717) is 10.7 Å². The Morgan fingerprint density at radius 2 is 1.97 bits per heavy atom. The zero-order valence-electron chi connectivity index (χ0n) is 21.3. The summed E-state index contributed by atoms with van der Waals surface area (Å²) in [5.41, 5.74) is 3.42. The molecule has 0 aliphatic carbocycles. The fourth-order valence-corrected chi connectivity index (χ4v) is 3.75. The number of rotatable bonds is 16. The van der Waals surface area contributed by atoms with Gasteiger partial charge in [0, 0.05) is 56.4 Å². The maximum Gasteiger partial charge on any atom is 0.168 e. The molecule has 182 valence electrons. The van der Waals surface area contributed by atoms with Gasteiger partial charge in [0.15, 0.2) is 6.29 Å². The molecule has 0 aliphatic heterocycles. The quantitative estimate of drug-likeness (QED) is 0.136. The van der Waals surface area contributed by atoms with Crippen LogP contribution >= 0.6 is 11.6 Å². The van der Waals surface area contributed by atoms with Gasteiger partial charge in [0.1, 0.15) is 0 Å². The molecule has 0 saturated carbocycles. The second-order valence-corrected chi connectivity index (χ2v) is 9.55. The first-order valence-electron chi connectivity index (χ1n) is 11.2. The number of allylic oxidation sites excluding steroid dienone is 4. The first-order chi connectivity index (χ1) is 15.0. The summed E-state index contributed by atoms with van der Waals surface area (Å²) in [6.07, 6.45) is 7.82. The van der Waals surface area contributed by atoms with E-state index < -0.39 is 0 Å². The molecule has 0 spiro atoms. The molecule has 0 radical (unpaired) electrons. The monoisotopic (exact) mass is 465 g/mol. The van der Waals surface area contributed by atoms with Crippen LogP contribution in [0.1, 0.15) is 47.5 Å². The van der Waals surface area contributed by atoms with Crippen LogP contribution in [0.4, 0.5) is 0 Å². The van der Waals surface area contributed by atoms with Crippen LogP contribution in [-0.4, -0.2) is 58.2 Å². The predicted molar refractivity (Wildman–Crippen MR) is 140 cm³/mol. The summed E-state index contributed by atoms with van der Waals surface area (Å²) in [6, 6.07) is 0. The fraction of sp³-hybridized carbons (Fsp3) is 0.600. The van der Waals surface area contributed by atoms with Crippen LogP contribution in [0.2, 0.25) is 0 Å². The Morgan fingerprint density at radius 1 is 1.31 bits per heavy atom. The van der Waals surface area contributed by atoms with Crippen molar-refractivity contribution in [1.82, 2.24) is 20.9 Å². The highest BCUT2D eigenvalue weighted by Gasteiger charge is 2.21. The Balaban J connectivity index is 5.01. The average molecular weight is 466 g/mol. The predicted octanol–water partition coefficient (Wildman–Crippen LogP) is 4.43. The Hall–Kier alpha value is -1.89. The van der Waals surface area contributed by atoms with Gasteiger partial charge in [-0.25, -0.2) is 0 Å². The van der Waals surface area contributed by atoms with Crippen molar-refractivity contribution in [3.8, 4) is 0 Å². The van der Waals surface area contributed by atoms with Gasteiger partial charge in [-0.05, 0) is 45.4 Å². The normalized spacial score (nSPS) is 15.1. The lowest BCUT2D eigenvalue weighted by atomic mass is 9.87. The van der Waals surface area contributed by atoms with E-state index in [1.165, 1.54) is 5.57 Å². The minimum Gasteiger partial charge on any atom is -0.389 e. The summed E-state index contributed by atoms with van der Waals surface area (Å²) >= 11 is 6.20. The lowest BCUT2D eigenvalue weighted by molar-refractivity contribution is -0.105. The van der Waals surface area contributed by atoms with E-state index in [4.69, 9.17) is 11.6 Å². The fourth-order valence-electron chi connectivity index (χ4n) is 3.54. The van der Waals surface area contributed by atoms with Gasteiger partial charge in [0.05, 0.1) is 10.7 Å². The second kappa shape index (κ2) is 15.8. The Kier molecular flexibility index (Phi) is 14.9. The van der Waals surface area contributed by atoms with E-state index in [-0.39, 0.29) is 11.3 Å². The van der Waals surface area contributed by atoms with E-state index >= 15 is 0 Å². The number of hydrogen-bond acceptors (Lipinski definition) is 6. The summed E-state index contributed by atoms with van der Waals surface area (Å²) in [7, 11) is 5.89. The molecule has 0 aromatic heterocycles. The third-order valence-electron chi connectivity index (χ3n) is 4.91. The van der Waals surface area contributed by atoms with Gasteiger partial charge in [-0.2, -0.15) is 0 Å². The Morgan fingerprint density at radius 3 is 2.47 bits per heavy atom. The van der Waals surface area contributed by atoms with Crippen molar-refractivity contribution >= 4 is 24.1 Å². The first kappa shape index (κ1) is 30.1. The summed E-state index contributed by atoms with van der Waals surface area (Å²) in [5.74, 6) is 0.188. The number of halogens is 1. The molecule has 0 aromatic carbocycles. The van der Waals surface area contributed by atoms with Crippen molar-refractivity contribution in [3.05, 3.63) is 46.6 Å². The third-order valence-corrected chi connectivity index (χ3v) is 5.12. The molecule has 1 atom stereocenters. The van der Waals surface area contributed by atoms with E-state index in [0.717, 1.165) is 50.2 Å². The molecule has 3 N–H and O–H groups in total. The SMILES string of the molecule is C=C(CC(C)(C)CNC/C(=C/C(Cl)=C\N=CC)CC)N/C(C=O)=C(/NC)C(C)CN(C)C. The van der Waals surface area contributed by atoms with Crippen molar-refractivity contribution in [2.75, 3.05) is 40.8 Å². The minimum atomic E-state index is -0.0435. The van der Waals surface area contributed by atoms with Crippen LogP contribution in [0.25, 0.3) is 0 Å². The molecular formula is C25H44ClN5O. The largest absolute Gasteiger partial charge is 0.389 e. The van der Waals surface area contributed by atoms with Crippen LogP contribution in [0, 0.1) is 11.3 Å². The molecule has 0 amide bonds. The topological polar surface area (TPSA) is 68.8 Å². The van der Waals surface area contributed by atoms with Crippen LogP contribution in [0.3, 0.4) is 0 Å². The molecule has 32 heavy (non-hydrogen) atoms. The molecule has 0 fully saturated rings. The molecule has 0 aromatic rings. The number of nitrogens with one attached hydrogen (secondary N) is 3. The van der Waals surface area contributed by atoms with E-state index in [9.17, 15) is 4.79 Å². The van der Waals surface area contributed by atoms with Gasteiger partial charge in [0.2, 0.25) is 0 Å². The van der Waals surface area contributed by atoms with Crippen LogP contribution in [0.5, 0.6) is 0 Å². The summed E-state index contributed by atoms with van der Waals surface area (Å²) in [6.45, 7) is 17.0.